The van der Waals surface area contributed by atoms with Gasteiger partial charge in [-0.25, -0.2) is 4.79 Å². The van der Waals surface area contributed by atoms with Crippen molar-refractivity contribution in [3.05, 3.63) is 32.6 Å². The number of fused-ring (bicyclic) bond motifs is 2. The topological polar surface area (TPSA) is 114 Å². The molecule has 0 amide bonds. The van der Waals surface area contributed by atoms with Crippen LogP contribution in [0.4, 0.5) is 0 Å². The molecule has 2 bridgehead atoms. The van der Waals surface area contributed by atoms with Crippen molar-refractivity contribution in [2.75, 3.05) is 13.7 Å². The number of rotatable bonds is 3. The zero-order chi connectivity index (χ0) is 15.4. The maximum absolute atomic E-state index is 12.0. The monoisotopic (exact) mass is 298 g/mol. The molecule has 8 heteroatoms. The van der Waals surface area contributed by atoms with Crippen LogP contribution in [0.3, 0.4) is 0 Å². The number of hydrogen-bond acceptors (Lipinski definition) is 6. The molecule has 3 rings (SSSR count). The van der Waals surface area contributed by atoms with E-state index in [0.29, 0.717) is 12.0 Å². The number of methoxy groups -OCH3 is 1. The summed E-state index contributed by atoms with van der Waals surface area (Å²) in [5.74, 6) is 0. The zero-order valence-corrected chi connectivity index (χ0v) is 11.8. The summed E-state index contributed by atoms with van der Waals surface area (Å²) in [4.78, 5) is 25.7. The summed E-state index contributed by atoms with van der Waals surface area (Å²) in [7, 11) is 1.45. The van der Waals surface area contributed by atoms with E-state index in [1.807, 2.05) is 0 Å². The first kappa shape index (κ1) is 14.5. The van der Waals surface area contributed by atoms with Crippen LogP contribution in [0.25, 0.3) is 0 Å². The van der Waals surface area contributed by atoms with Crippen molar-refractivity contribution >= 4 is 0 Å². The van der Waals surface area contributed by atoms with Gasteiger partial charge in [-0.3, -0.25) is 14.3 Å². The Hall–Kier alpha value is -1.48. The summed E-state index contributed by atoms with van der Waals surface area (Å²) in [5.41, 5.74) is -1.55. The zero-order valence-electron chi connectivity index (χ0n) is 11.8. The minimum Gasteiger partial charge on any atom is -0.395 e. The molecule has 2 fully saturated rings. The van der Waals surface area contributed by atoms with Crippen molar-refractivity contribution in [3.8, 4) is 0 Å². The molecule has 2 aliphatic rings. The lowest BCUT2D eigenvalue weighted by Crippen LogP contribution is -2.44. The quantitative estimate of drug-likeness (QED) is 0.626. The van der Waals surface area contributed by atoms with Gasteiger partial charge in [-0.15, -0.1) is 0 Å². The summed E-state index contributed by atoms with van der Waals surface area (Å²) in [6.07, 6.45) is -0.519. The Morgan fingerprint density at radius 1 is 1.57 bits per heavy atom. The van der Waals surface area contributed by atoms with E-state index >= 15 is 0 Å². The summed E-state index contributed by atoms with van der Waals surface area (Å²) in [5, 5.41) is 20.1. The van der Waals surface area contributed by atoms with E-state index in [1.165, 1.54) is 17.9 Å². The van der Waals surface area contributed by atoms with Gasteiger partial charge in [-0.2, -0.15) is 0 Å². The first-order valence-corrected chi connectivity index (χ1v) is 6.74. The highest BCUT2D eigenvalue weighted by Crippen LogP contribution is 2.54. The van der Waals surface area contributed by atoms with Crippen LogP contribution in [0.1, 0.15) is 18.0 Å². The highest BCUT2D eigenvalue weighted by atomic mass is 16.7. The first-order chi connectivity index (χ1) is 9.94. The van der Waals surface area contributed by atoms with E-state index in [2.05, 4.69) is 4.98 Å². The van der Waals surface area contributed by atoms with E-state index in [4.69, 9.17) is 9.47 Å². The lowest BCUT2D eigenvalue weighted by atomic mass is 9.85. The number of H-pyrrole nitrogens is 1. The second kappa shape index (κ2) is 4.77. The highest BCUT2D eigenvalue weighted by Gasteiger charge is 2.65. The molecule has 3 N–H and O–H groups in total. The third-order valence-electron chi connectivity index (χ3n) is 4.63. The number of aromatic nitrogens is 2. The van der Waals surface area contributed by atoms with Crippen molar-refractivity contribution in [1.29, 1.82) is 0 Å². The maximum Gasteiger partial charge on any atom is 0.328 e. The molecule has 116 valence electrons. The molecule has 0 aromatic carbocycles. The fourth-order valence-corrected chi connectivity index (χ4v) is 3.45. The standard InChI is InChI=1S/C13H18N2O6/c1-6-4-15(12(19)14-10(6)18)7-3-13(5-16)9(17)8(7)21-11(13)20-2/h4,7-9,11,16-17H,3,5H2,1-2H3,(H,14,18,19)/t7-,8-,9?,11?,13+/m1/s1. The lowest BCUT2D eigenvalue weighted by molar-refractivity contribution is -0.200. The van der Waals surface area contributed by atoms with Crippen LogP contribution >= 0.6 is 0 Å². The van der Waals surface area contributed by atoms with Crippen LogP contribution in [-0.4, -0.2) is 52.0 Å². The fourth-order valence-electron chi connectivity index (χ4n) is 3.45. The third kappa shape index (κ3) is 1.83. The van der Waals surface area contributed by atoms with Gasteiger partial charge in [0.15, 0.2) is 6.29 Å². The molecular weight excluding hydrogens is 280 g/mol. The molecule has 1 saturated carbocycles. The van der Waals surface area contributed by atoms with Crippen LogP contribution < -0.4 is 11.2 Å². The van der Waals surface area contributed by atoms with E-state index in [0.717, 1.165) is 0 Å². The Morgan fingerprint density at radius 2 is 2.29 bits per heavy atom. The van der Waals surface area contributed by atoms with Gasteiger partial charge in [0, 0.05) is 18.9 Å². The number of hydrogen-bond donors (Lipinski definition) is 3. The van der Waals surface area contributed by atoms with E-state index in [9.17, 15) is 19.8 Å². The molecule has 0 radical (unpaired) electrons. The Labute approximate surface area is 119 Å². The SMILES string of the molecule is COC1O[C@H]2C(O)[C@@]1(CO)C[C@H]2n1cc(C)c(=O)[nH]c1=O. The van der Waals surface area contributed by atoms with Crippen LogP contribution in [0, 0.1) is 12.3 Å². The summed E-state index contributed by atoms with van der Waals surface area (Å²) in [6, 6.07) is -0.457. The fraction of sp³-hybridized carbons (Fsp3) is 0.692. The summed E-state index contributed by atoms with van der Waals surface area (Å²) >= 11 is 0. The van der Waals surface area contributed by atoms with Crippen molar-refractivity contribution in [3.63, 3.8) is 0 Å². The number of aliphatic hydroxyl groups is 2. The Kier molecular flexibility index (Phi) is 3.28. The van der Waals surface area contributed by atoms with Gasteiger partial charge in [0.25, 0.3) is 5.56 Å². The molecule has 0 spiro atoms. The number of aromatic amines is 1. The Bertz CT molecular complexity index is 667. The minimum absolute atomic E-state index is 0.309. The average Bonchev–Trinajstić information content (AvgIpc) is 2.90. The molecule has 1 saturated heterocycles. The van der Waals surface area contributed by atoms with Gasteiger partial charge in [0.2, 0.25) is 0 Å². The largest absolute Gasteiger partial charge is 0.395 e. The van der Waals surface area contributed by atoms with Gasteiger partial charge >= 0.3 is 5.69 Å². The normalized spacial score (nSPS) is 38.1. The van der Waals surface area contributed by atoms with Gasteiger partial charge in [0.05, 0.1) is 24.2 Å². The van der Waals surface area contributed by atoms with Crippen LogP contribution in [-0.2, 0) is 9.47 Å². The van der Waals surface area contributed by atoms with Gasteiger partial charge in [-0.05, 0) is 13.3 Å². The smallest absolute Gasteiger partial charge is 0.328 e. The molecule has 2 unspecified atom stereocenters. The third-order valence-corrected chi connectivity index (χ3v) is 4.63. The predicted octanol–water partition coefficient (Wildman–Crippen LogP) is -1.50. The van der Waals surface area contributed by atoms with Gasteiger partial charge in [0.1, 0.15) is 6.10 Å². The first-order valence-electron chi connectivity index (χ1n) is 6.74. The van der Waals surface area contributed by atoms with E-state index in [1.54, 1.807) is 6.92 Å². The number of aliphatic hydroxyl groups excluding tert-OH is 2. The van der Waals surface area contributed by atoms with Crippen LogP contribution in [0.2, 0.25) is 0 Å². The molecule has 8 nitrogen and oxygen atoms in total. The average molecular weight is 298 g/mol. The number of nitrogens with zero attached hydrogens (tertiary/aromatic N) is 1. The summed E-state index contributed by atoms with van der Waals surface area (Å²) < 4.78 is 12.2. The van der Waals surface area contributed by atoms with Crippen molar-refractivity contribution < 1.29 is 19.7 Å². The molecular formula is C13H18N2O6. The van der Waals surface area contributed by atoms with Crippen molar-refractivity contribution in [2.45, 2.75) is 37.9 Å². The minimum atomic E-state index is -0.951. The second-order valence-electron chi connectivity index (χ2n) is 5.75. The molecule has 1 aromatic rings. The molecule has 5 atom stereocenters. The van der Waals surface area contributed by atoms with Gasteiger partial charge < -0.3 is 19.7 Å². The van der Waals surface area contributed by atoms with Crippen molar-refractivity contribution in [1.82, 2.24) is 9.55 Å². The highest BCUT2D eigenvalue weighted by molar-refractivity contribution is 5.13. The Morgan fingerprint density at radius 3 is 2.90 bits per heavy atom. The van der Waals surface area contributed by atoms with Crippen LogP contribution in [0.15, 0.2) is 15.8 Å². The van der Waals surface area contributed by atoms with E-state index in [-0.39, 0.29) is 6.61 Å². The lowest BCUT2D eigenvalue weighted by Gasteiger charge is -2.35. The number of ether oxygens (including phenoxy) is 2. The predicted molar refractivity (Wildman–Crippen MR) is 70.9 cm³/mol. The maximum atomic E-state index is 12.0. The molecule has 1 aliphatic heterocycles. The van der Waals surface area contributed by atoms with Crippen molar-refractivity contribution in [2.24, 2.45) is 5.41 Å². The second-order valence-corrected chi connectivity index (χ2v) is 5.75. The molecule has 1 aliphatic carbocycles. The van der Waals surface area contributed by atoms with Gasteiger partial charge in [-0.1, -0.05) is 0 Å². The van der Waals surface area contributed by atoms with Crippen LogP contribution in [0.5, 0.6) is 0 Å². The van der Waals surface area contributed by atoms with E-state index < -0.39 is 41.2 Å². The number of nitrogens with one attached hydrogen (secondary N) is 1. The molecule has 21 heavy (non-hydrogen) atoms. The summed E-state index contributed by atoms with van der Waals surface area (Å²) in [6.45, 7) is 1.29. The molecule has 2 heterocycles. The Balaban J connectivity index is 2.03. The molecule has 1 aromatic heterocycles. The number of aryl methyl sites for hydroxylation is 1.